The van der Waals surface area contributed by atoms with Gasteiger partial charge in [-0.2, -0.15) is 17.5 Å². The number of imidazole rings is 1. The third-order valence-electron chi connectivity index (χ3n) is 4.55. The molecule has 1 aliphatic rings. The Kier molecular flexibility index (Phi) is 5.08. The molecule has 2 aromatic rings. The van der Waals surface area contributed by atoms with Crippen molar-refractivity contribution in [1.29, 1.82) is 0 Å². The van der Waals surface area contributed by atoms with E-state index in [2.05, 4.69) is 4.98 Å². The largest absolute Gasteiger partial charge is 0.416 e. The van der Waals surface area contributed by atoms with Gasteiger partial charge in [0.25, 0.3) is 0 Å². The maximum atomic E-state index is 13.2. The topological polar surface area (TPSA) is 84.5 Å². The maximum absolute atomic E-state index is 13.2. The Hall–Kier alpha value is -2.27. The van der Waals surface area contributed by atoms with E-state index in [4.69, 9.17) is 5.73 Å². The highest BCUT2D eigenvalue weighted by Gasteiger charge is 2.32. The van der Waals surface area contributed by atoms with Gasteiger partial charge in [0.1, 0.15) is 0 Å². The van der Waals surface area contributed by atoms with Crippen molar-refractivity contribution < 1.29 is 21.6 Å². The number of benzene rings is 1. The predicted octanol–water partition coefficient (Wildman–Crippen LogP) is 1.61. The number of nitrogens with zero attached hydrogens (tertiary/aromatic N) is 4. The number of rotatable bonds is 4. The number of alkyl halides is 3. The van der Waals surface area contributed by atoms with Gasteiger partial charge in [-0.05, 0) is 17.7 Å². The highest BCUT2D eigenvalue weighted by atomic mass is 32.2. The van der Waals surface area contributed by atoms with Crippen molar-refractivity contribution in [1.82, 2.24) is 13.9 Å². The molecule has 148 valence electrons. The molecule has 1 aromatic carbocycles. The zero-order valence-corrected chi connectivity index (χ0v) is 15.5. The van der Waals surface area contributed by atoms with E-state index in [-0.39, 0.29) is 25.6 Å². The molecule has 0 aliphatic carbocycles. The van der Waals surface area contributed by atoms with Crippen LogP contribution in [-0.4, -0.2) is 54.7 Å². The van der Waals surface area contributed by atoms with Crippen molar-refractivity contribution in [3.05, 3.63) is 41.7 Å². The zero-order chi connectivity index (χ0) is 19.8. The van der Waals surface area contributed by atoms with Crippen LogP contribution in [0.5, 0.6) is 0 Å². The van der Waals surface area contributed by atoms with Gasteiger partial charge in [-0.25, -0.2) is 13.4 Å². The first-order valence-corrected chi connectivity index (χ1v) is 10.1. The second-order valence-corrected chi connectivity index (χ2v) is 8.39. The lowest BCUT2D eigenvalue weighted by molar-refractivity contribution is -0.137. The number of nitrogens with two attached hydrogens (primary N) is 1. The summed E-state index contributed by atoms with van der Waals surface area (Å²) in [4.78, 5) is 5.70. The van der Waals surface area contributed by atoms with Gasteiger partial charge in [0.05, 0.1) is 18.4 Å². The lowest BCUT2D eigenvalue weighted by Crippen LogP contribution is -2.48. The summed E-state index contributed by atoms with van der Waals surface area (Å²) in [7, 11) is -3.32. The molecular formula is C16H20F3N5O2S. The van der Waals surface area contributed by atoms with Crippen molar-refractivity contribution in [2.45, 2.75) is 12.7 Å². The minimum Gasteiger partial charge on any atom is -0.369 e. The van der Waals surface area contributed by atoms with Crippen molar-refractivity contribution in [2.24, 2.45) is 0 Å². The molecule has 0 amide bonds. The van der Waals surface area contributed by atoms with Crippen molar-refractivity contribution in [3.8, 4) is 0 Å². The summed E-state index contributed by atoms with van der Waals surface area (Å²) in [6, 6.07) is 3.58. The van der Waals surface area contributed by atoms with Crippen LogP contribution in [0.4, 0.5) is 24.8 Å². The number of aromatic nitrogens is 2. The molecular weight excluding hydrogens is 383 g/mol. The van der Waals surface area contributed by atoms with E-state index in [1.807, 2.05) is 0 Å². The summed E-state index contributed by atoms with van der Waals surface area (Å²) in [6.07, 6.45) is -0.168. The highest BCUT2D eigenvalue weighted by Crippen LogP contribution is 2.34. The molecule has 27 heavy (non-hydrogen) atoms. The zero-order valence-electron chi connectivity index (χ0n) is 14.6. The molecule has 0 bridgehead atoms. The van der Waals surface area contributed by atoms with Gasteiger partial charge < -0.3 is 15.2 Å². The molecule has 2 N–H and O–H groups in total. The SMILES string of the molecule is CS(=O)(=O)N1CCN(c2cc(C(F)(F)F)ccc2Cn2ccnc2N)CC1. The van der Waals surface area contributed by atoms with E-state index in [1.54, 1.807) is 15.7 Å². The van der Waals surface area contributed by atoms with Crippen LogP contribution in [0.3, 0.4) is 0 Å². The lowest BCUT2D eigenvalue weighted by atomic mass is 10.1. The van der Waals surface area contributed by atoms with Crippen molar-refractivity contribution in [2.75, 3.05) is 43.1 Å². The molecule has 0 saturated carbocycles. The first kappa shape index (κ1) is 19.5. The van der Waals surface area contributed by atoms with E-state index >= 15 is 0 Å². The van der Waals surface area contributed by atoms with E-state index in [0.717, 1.165) is 18.4 Å². The van der Waals surface area contributed by atoms with Crippen LogP contribution in [0, 0.1) is 0 Å². The average Bonchev–Trinajstić information content (AvgIpc) is 2.98. The number of hydrogen-bond acceptors (Lipinski definition) is 5. The molecule has 11 heteroatoms. The molecule has 0 atom stereocenters. The first-order chi connectivity index (χ1) is 12.6. The van der Waals surface area contributed by atoms with Gasteiger partial charge in [0, 0.05) is 44.3 Å². The first-order valence-electron chi connectivity index (χ1n) is 8.22. The second-order valence-electron chi connectivity index (χ2n) is 6.40. The summed E-state index contributed by atoms with van der Waals surface area (Å²) < 4.78 is 65.8. The number of piperazine rings is 1. The Morgan fingerprint density at radius 3 is 2.37 bits per heavy atom. The van der Waals surface area contributed by atoms with Crippen molar-refractivity contribution >= 4 is 21.7 Å². The molecule has 1 aliphatic heterocycles. The van der Waals surface area contributed by atoms with E-state index < -0.39 is 21.8 Å². The molecule has 1 aromatic heterocycles. The highest BCUT2D eigenvalue weighted by molar-refractivity contribution is 7.88. The van der Waals surface area contributed by atoms with Crippen LogP contribution >= 0.6 is 0 Å². The third-order valence-corrected chi connectivity index (χ3v) is 5.85. The van der Waals surface area contributed by atoms with Crippen molar-refractivity contribution in [3.63, 3.8) is 0 Å². The Morgan fingerprint density at radius 1 is 1.19 bits per heavy atom. The maximum Gasteiger partial charge on any atom is 0.416 e. The smallest absolute Gasteiger partial charge is 0.369 e. The Balaban J connectivity index is 1.92. The molecule has 2 heterocycles. The van der Waals surface area contributed by atoms with E-state index in [0.29, 0.717) is 24.3 Å². The second kappa shape index (κ2) is 7.04. The number of sulfonamides is 1. The minimum atomic E-state index is -4.46. The monoisotopic (exact) mass is 403 g/mol. The molecule has 1 saturated heterocycles. The standard InChI is InChI=1S/C16H20F3N5O2S/c1-27(25,26)24-8-6-22(7-9-24)14-10-13(16(17,18)19)3-2-12(14)11-23-5-4-21-15(23)20/h2-5,10H,6-9,11H2,1H3,(H2,20,21). The number of hydrogen-bond donors (Lipinski definition) is 1. The number of halogens is 3. The summed E-state index contributed by atoms with van der Waals surface area (Å²) >= 11 is 0. The van der Waals surface area contributed by atoms with Crippen LogP contribution in [-0.2, 0) is 22.7 Å². The Labute approximate surface area is 155 Å². The fourth-order valence-corrected chi connectivity index (χ4v) is 3.91. The normalized spacial score (nSPS) is 16.7. The summed E-state index contributed by atoms with van der Waals surface area (Å²) in [5.41, 5.74) is 6.10. The fourth-order valence-electron chi connectivity index (χ4n) is 3.09. The van der Waals surface area contributed by atoms with Gasteiger partial charge in [-0.1, -0.05) is 6.07 Å². The molecule has 7 nitrogen and oxygen atoms in total. The van der Waals surface area contributed by atoms with Gasteiger partial charge in [-0.15, -0.1) is 0 Å². The number of anilines is 2. The van der Waals surface area contributed by atoms with Crippen LogP contribution in [0.2, 0.25) is 0 Å². The molecule has 0 unspecified atom stereocenters. The summed E-state index contributed by atoms with van der Waals surface area (Å²) in [6.45, 7) is 1.33. The van der Waals surface area contributed by atoms with Gasteiger partial charge >= 0.3 is 6.18 Å². The molecule has 3 rings (SSSR count). The van der Waals surface area contributed by atoms with Gasteiger partial charge in [0.15, 0.2) is 5.95 Å². The fraction of sp³-hybridized carbons (Fsp3) is 0.438. The van der Waals surface area contributed by atoms with Gasteiger partial charge in [-0.3, -0.25) is 0 Å². The van der Waals surface area contributed by atoms with Crippen LogP contribution < -0.4 is 10.6 Å². The average molecular weight is 403 g/mol. The number of nitrogen functional groups attached to an aromatic ring is 1. The Bertz CT molecular complexity index is 918. The van der Waals surface area contributed by atoms with Crippen LogP contribution in [0.25, 0.3) is 0 Å². The lowest BCUT2D eigenvalue weighted by Gasteiger charge is -2.36. The summed E-state index contributed by atoms with van der Waals surface area (Å²) in [5.74, 6) is 0.266. The molecule has 1 fully saturated rings. The molecule has 0 spiro atoms. The summed E-state index contributed by atoms with van der Waals surface area (Å²) in [5, 5.41) is 0. The van der Waals surface area contributed by atoms with Crippen LogP contribution in [0.1, 0.15) is 11.1 Å². The van der Waals surface area contributed by atoms with E-state index in [1.165, 1.54) is 16.6 Å². The minimum absolute atomic E-state index is 0.224. The molecule has 0 radical (unpaired) electrons. The quantitative estimate of drug-likeness (QED) is 0.839. The van der Waals surface area contributed by atoms with E-state index in [9.17, 15) is 21.6 Å². The predicted molar refractivity (Wildman–Crippen MR) is 95.8 cm³/mol. The van der Waals surface area contributed by atoms with Crippen LogP contribution in [0.15, 0.2) is 30.6 Å². The Morgan fingerprint density at radius 2 is 1.85 bits per heavy atom. The van der Waals surface area contributed by atoms with Gasteiger partial charge in [0.2, 0.25) is 10.0 Å². The third kappa shape index (κ3) is 4.35.